The molecule has 1 fully saturated rings. The molecule has 6 nitrogen and oxygen atoms in total. The standard InChI is InChI=1S/C30H42N2O4/c1-5-29(35,6-2)24(22-16-11-9-12-17-22)32(27(34)28(26(31)33)20-15-21-28)25(30(36,7-3)8-4)23-18-13-10-14-19-23/h9-14,16-19,24-25,35-36H,5-8,15,20-21H2,1-4H3,(H2,31,33). The molecule has 2 atom stereocenters. The molecule has 0 bridgehead atoms. The van der Waals surface area contributed by atoms with Gasteiger partial charge in [-0.15, -0.1) is 0 Å². The second-order valence-electron chi connectivity index (χ2n) is 10.3. The van der Waals surface area contributed by atoms with Gasteiger partial charge in [0.15, 0.2) is 0 Å². The Bertz CT molecular complexity index is 950. The van der Waals surface area contributed by atoms with Gasteiger partial charge in [-0.1, -0.05) is 94.8 Å². The van der Waals surface area contributed by atoms with E-state index in [0.717, 1.165) is 17.5 Å². The minimum Gasteiger partial charge on any atom is -0.387 e. The maximum atomic E-state index is 14.7. The quantitative estimate of drug-likeness (QED) is 0.359. The number of nitrogens with zero attached hydrogens (tertiary/aromatic N) is 1. The van der Waals surface area contributed by atoms with Crippen LogP contribution in [0.15, 0.2) is 60.7 Å². The van der Waals surface area contributed by atoms with Crippen molar-refractivity contribution in [2.45, 2.75) is 95.9 Å². The molecule has 6 heteroatoms. The van der Waals surface area contributed by atoms with Crippen LogP contribution in [0, 0.1) is 5.41 Å². The molecule has 1 aliphatic carbocycles. The third kappa shape index (κ3) is 4.81. The number of carbonyl (C=O) groups excluding carboxylic acids is 2. The number of hydrogen-bond acceptors (Lipinski definition) is 4. The van der Waals surface area contributed by atoms with Crippen molar-refractivity contribution < 1.29 is 19.8 Å². The predicted octanol–water partition coefficient (Wildman–Crippen LogP) is 5.06. The molecule has 0 spiro atoms. The van der Waals surface area contributed by atoms with Crippen LogP contribution < -0.4 is 5.73 Å². The van der Waals surface area contributed by atoms with Crippen molar-refractivity contribution >= 4 is 11.8 Å². The fourth-order valence-corrected chi connectivity index (χ4v) is 5.73. The van der Waals surface area contributed by atoms with Gasteiger partial charge in [-0.2, -0.15) is 0 Å². The molecule has 196 valence electrons. The average Bonchev–Trinajstić information content (AvgIpc) is 2.88. The van der Waals surface area contributed by atoms with Crippen molar-refractivity contribution in [3.05, 3.63) is 71.8 Å². The van der Waals surface area contributed by atoms with Crippen LogP contribution in [0.3, 0.4) is 0 Å². The second-order valence-corrected chi connectivity index (χ2v) is 10.3. The zero-order valence-electron chi connectivity index (χ0n) is 22.1. The number of benzene rings is 2. The monoisotopic (exact) mass is 494 g/mol. The van der Waals surface area contributed by atoms with E-state index in [2.05, 4.69) is 0 Å². The summed E-state index contributed by atoms with van der Waals surface area (Å²) < 4.78 is 0. The van der Waals surface area contributed by atoms with Crippen LogP contribution in [-0.2, 0) is 9.59 Å². The van der Waals surface area contributed by atoms with Gasteiger partial charge in [0, 0.05) is 0 Å². The summed E-state index contributed by atoms with van der Waals surface area (Å²) in [5.41, 5.74) is 3.46. The lowest BCUT2D eigenvalue weighted by molar-refractivity contribution is -0.178. The van der Waals surface area contributed by atoms with Crippen molar-refractivity contribution in [2.75, 3.05) is 0 Å². The van der Waals surface area contributed by atoms with E-state index in [4.69, 9.17) is 5.73 Å². The van der Waals surface area contributed by atoms with Gasteiger partial charge >= 0.3 is 0 Å². The largest absolute Gasteiger partial charge is 0.387 e. The predicted molar refractivity (Wildman–Crippen MR) is 142 cm³/mol. The maximum Gasteiger partial charge on any atom is 0.239 e. The van der Waals surface area contributed by atoms with Gasteiger partial charge in [-0.25, -0.2) is 0 Å². The summed E-state index contributed by atoms with van der Waals surface area (Å²) in [6, 6.07) is 17.3. The Morgan fingerprint density at radius 3 is 1.42 bits per heavy atom. The SMILES string of the molecule is CCC(O)(CC)C(c1ccccc1)N(C(=O)C1(C(N)=O)CCC1)C(c1ccccc1)C(O)(CC)CC. The molecule has 4 N–H and O–H groups in total. The third-order valence-corrected chi connectivity index (χ3v) is 8.58. The first-order valence-electron chi connectivity index (χ1n) is 13.3. The van der Waals surface area contributed by atoms with Crippen molar-refractivity contribution in [1.82, 2.24) is 4.90 Å². The van der Waals surface area contributed by atoms with Crippen LogP contribution >= 0.6 is 0 Å². The van der Waals surface area contributed by atoms with E-state index in [9.17, 15) is 19.8 Å². The summed E-state index contributed by atoms with van der Waals surface area (Å²) in [5, 5.41) is 24.1. The topological polar surface area (TPSA) is 104 Å². The van der Waals surface area contributed by atoms with E-state index in [1.807, 2.05) is 88.4 Å². The zero-order chi connectivity index (χ0) is 26.6. The zero-order valence-corrected chi connectivity index (χ0v) is 22.1. The lowest BCUT2D eigenvalue weighted by Gasteiger charge is -2.54. The van der Waals surface area contributed by atoms with Gasteiger partial charge in [0.05, 0.1) is 23.3 Å². The highest BCUT2D eigenvalue weighted by molar-refractivity contribution is 6.05. The molecule has 2 aromatic carbocycles. The van der Waals surface area contributed by atoms with Crippen LogP contribution in [-0.4, -0.2) is 38.1 Å². The van der Waals surface area contributed by atoms with E-state index in [0.29, 0.717) is 38.5 Å². The number of rotatable bonds is 12. The minimum absolute atomic E-state index is 0.369. The summed E-state index contributed by atoms with van der Waals surface area (Å²) in [6.45, 7) is 7.61. The highest BCUT2D eigenvalue weighted by atomic mass is 16.3. The normalized spacial score (nSPS) is 17.1. The van der Waals surface area contributed by atoms with Crippen LogP contribution in [0.2, 0.25) is 0 Å². The Balaban J connectivity index is 2.40. The highest BCUT2D eigenvalue weighted by Gasteiger charge is 2.58. The van der Waals surface area contributed by atoms with Gasteiger partial charge < -0.3 is 20.8 Å². The first-order valence-corrected chi connectivity index (χ1v) is 13.3. The molecule has 0 radical (unpaired) electrons. The Morgan fingerprint density at radius 2 is 1.17 bits per heavy atom. The third-order valence-electron chi connectivity index (χ3n) is 8.58. The van der Waals surface area contributed by atoms with Gasteiger partial charge in [0.2, 0.25) is 11.8 Å². The van der Waals surface area contributed by atoms with Gasteiger partial charge in [-0.3, -0.25) is 9.59 Å². The molecule has 0 aliphatic heterocycles. The first-order chi connectivity index (χ1) is 17.1. The van der Waals surface area contributed by atoms with Crippen LogP contribution in [0.5, 0.6) is 0 Å². The number of carbonyl (C=O) groups is 2. The number of primary amides is 1. The average molecular weight is 495 g/mol. The molecule has 36 heavy (non-hydrogen) atoms. The molecule has 3 rings (SSSR count). The maximum absolute atomic E-state index is 14.7. The fraction of sp³-hybridized carbons (Fsp3) is 0.533. The fourth-order valence-electron chi connectivity index (χ4n) is 5.73. The number of amides is 2. The van der Waals surface area contributed by atoms with E-state index in [1.165, 1.54) is 0 Å². The van der Waals surface area contributed by atoms with E-state index in [1.54, 1.807) is 4.90 Å². The second kappa shape index (κ2) is 11.1. The molecule has 0 saturated heterocycles. The molecule has 0 aromatic heterocycles. The molecule has 1 saturated carbocycles. The van der Waals surface area contributed by atoms with Crippen LogP contribution in [0.1, 0.15) is 95.9 Å². The van der Waals surface area contributed by atoms with E-state index >= 15 is 0 Å². The van der Waals surface area contributed by atoms with Crippen molar-refractivity contribution in [3.63, 3.8) is 0 Å². The molecule has 0 heterocycles. The van der Waals surface area contributed by atoms with E-state index in [-0.39, 0.29) is 0 Å². The highest BCUT2D eigenvalue weighted by Crippen LogP contribution is 2.51. The summed E-state index contributed by atoms with van der Waals surface area (Å²) in [4.78, 5) is 29.1. The Kier molecular flexibility index (Phi) is 8.63. The van der Waals surface area contributed by atoms with Gasteiger partial charge in [0.1, 0.15) is 5.41 Å². The molecular weight excluding hydrogens is 452 g/mol. The van der Waals surface area contributed by atoms with Gasteiger partial charge in [-0.05, 0) is 49.7 Å². The number of nitrogens with two attached hydrogens (primary N) is 1. The van der Waals surface area contributed by atoms with Crippen molar-refractivity contribution in [3.8, 4) is 0 Å². The Morgan fingerprint density at radius 1 is 0.806 bits per heavy atom. The van der Waals surface area contributed by atoms with Crippen molar-refractivity contribution in [1.29, 1.82) is 0 Å². The van der Waals surface area contributed by atoms with Crippen molar-refractivity contribution in [2.24, 2.45) is 11.1 Å². The summed E-state index contributed by atoms with van der Waals surface area (Å²) in [5.74, 6) is -1.06. The Labute approximate surface area is 215 Å². The number of aliphatic hydroxyl groups is 2. The lowest BCUT2D eigenvalue weighted by Crippen LogP contribution is -2.62. The smallest absolute Gasteiger partial charge is 0.239 e. The minimum atomic E-state index is -1.34. The van der Waals surface area contributed by atoms with Crippen LogP contribution in [0.25, 0.3) is 0 Å². The molecule has 2 aromatic rings. The molecule has 2 unspecified atom stereocenters. The summed E-state index contributed by atoms with van der Waals surface area (Å²) >= 11 is 0. The molecular formula is C30H42N2O4. The molecule has 1 aliphatic rings. The summed E-state index contributed by atoms with van der Waals surface area (Å²) in [6.07, 6.45) is 3.00. The lowest BCUT2D eigenvalue weighted by atomic mass is 9.65. The Hall–Kier alpha value is -2.70. The first kappa shape index (κ1) is 27.9. The summed E-state index contributed by atoms with van der Waals surface area (Å²) in [7, 11) is 0. The number of hydrogen-bond donors (Lipinski definition) is 3. The van der Waals surface area contributed by atoms with Gasteiger partial charge in [0.25, 0.3) is 0 Å². The van der Waals surface area contributed by atoms with Crippen LogP contribution in [0.4, 0.5) is 0 Å². The van der Waals surface area contributed by atoms with E-state index < -0.39 is 40.5 Å². The molecule has 2 amide bonds.